The Labute approximate surface area is 79.5 Å². The van der Waals surface area contributed by atoms with Gasteiger partial charge in [-0.1, -0.05) is 6.92 Å². The second kappa shape index (κ2) is 8.40. The molecule has 0 aliphatic heterocycles. The highest BCUT2D eigenvalue weighted by Crippen LogP contribution is 1.99. The number of ether oxygens (including phenoxy) is 3. The van der Waals surface area contributed by atoms with Crippen molar-refractivity contribution in [3.63, 3.8) is 0 Å². The van der Waals surface area contributed by atoms with Crippen LogP contribution in [0, 0.1) is 0 Å². The number of nitrogens with two attached hydrogens (primary N) is 1. The summed E-state index contributed by atoms with van der Waals surface area (Å²) in [6.45, 7) is 3.25. The van der Waals surface area contributed by atoms with E-state index in [0.29, 0.717) is 6.61 Å². The van der Waals surface area contributed by atoms with Gasteiger partial charge in [0.25, 0.3) is 0 Å². The van der Waals surface area contributed by atoms with E-state index in [4.69, 9.17) is 20.1 Å². The lowest BCUT2D eigenvalue weighted by atomic mass is 10.3. The van der Waals surface area contributed by atoms with E-state index in [9.17, 15) is 0 Å². The standard InChI is InChI=1S/C8H20N2O3/c1-4-5-13-6-7(10-9)8(11-2)12-3/h7-8,10H,4-6,9H2,1-3H3. The van der Waals surface area contributed by atoms with Crippen LogP contribution in [0.3, 0.4) is 0 Å². The Hall–Kier alpha value is -0.200. The average Bonchev–Trinajstić information content (AvgIpc) is 2.17. The molecule has 80 valence electrons. The molecule has 0 aromatic carbocycles. The van der Waals surface area contributed by atoms with E-state index in [1.54, 1.807) is 14.2 Å². The van der Waals surface area contributed by atoms with Crippen LogP contribution in [0.5, 0.6) is 0 Å². The normalized spacial score (nSPS) is 13.6. The third-order valence-corrected chi connectivity index (χ3v) is 1.65. The van der Waals surface area contributed by atoms with Crippen LogP contribution in [-0.2, 0) is 14.2 Å². The van der Waals surface area contributed by atoms with Crippen LogP contribution < -0.4 is 11.3 Å². The number of hydrogen-bond donors (Lipinski definition) is 2. The molecule has 0 aromatic heterocycles. The maximum Gasteiger partial charge on any atom is 0.175 e. The second-order valence-corrected chi connectivity index (χ2v) is 2.69. The first-order valence-corrected chi connectivity index (χ1v) is 4.39. The third-order valence-electron chi connectivity index (χ3n) is 1.65. The van der Waals surface area contributed by atoms with Gasteiger partial charge < -0.3 is 14.2 Å². The molecule has 0 spiro atoms. The van der Waals surface area contributed by atoms with Crippen molar-refractivity contribution >= 4 is 0 Å². The maximum absolute atomic E-state index is 5.32. The molecule has 0 aliphatic carbocycles. The SMILES string of the molecule is CCCOCC(NN)C(OC)OC. The molecule has 0 heterocycles. The number of methoxy groups -OCH3 is 2. The lowest BCUT2D eigenvalue weighted by Crippen LogP contribution is -2.48. The van der Waals surface area contributed by atoms with Crippen molar-refractivity contribution in [3.8, 4) is 0 Å². The van der Waals surface area contributed by atoms with E-state index in [1.807, 2.05) is 0 Å². The van der Waals surface area contributed by atoms with E-state index < -0.39 is 0 Å². The minimum atomic E-state index is -0.373. The fourth-order valence-corrected chi connectivity index (χ4v) is 0.985. The summed E-state index contributed by atoms with van der Waals surface area (Å²) < 4.78 is 15.4. The summed E-state index contributed by atoms with van der Waals surface area (Å²) in [6, 6.07) is -0.137. The molecule has 5 heteroatoms. The predicted octanol–water partition coefficient (Wildman–Crippen LogP) is -0.136. The molecule has 5 nitrogen and oxygen atoms in total. The summed E-state index contributed by atoms with van der Waals surface area (Å²) >= 11 is 0. The molecule has 0 saturated heterocycles. The summed E-state index contributed by atoms with van der Waals surface area (Å²) in [5, 5.41) is 0. The Kier molecular flexibility index (Phi) is 8.27. The molecular weight excluding hydrogens is 172 g/mol. The van der Waals surface area contributed by atoms with Gasteiger partial charge in [-0.05, 0) is 6.42 Å². The van der Waals surface area contributed by atoms with E-state index in [1.165, 1.54) is 0 Å². The van der Waals surface area contributed by atoms with Gasteiger partial charge in [0.1, 0.15) is 0 Å². The van der Waals surface area contributed by atoms with Crippen molar-refractivity contribution in [3.05, 3.63) is 0 Å². The minimum absolute atomic E-state index is 0.137. The van der Waals surface area contributed by atoms with E-state index in [0.717, 1.165) is 13.0 Å². The molecule has 0 aromatic rings. The molecule has 0 aliphatic rings. The number of nitrogens with one attached hydrogen (secondary N) is 1. The monoisotopic (exact) mass is 192 g/mol. The van der Waals surface area contributed by atoms with Crippen LogP contribution in [0.25, 0.3) is 0 Å². The molecular formula is C8H20N2O3. The van der Waals surface area contributed by atoms with Gasteiger partial charge in [-0.25, -0.2) is 5.43 Å². The zero-order valence-electron chi connectivity index (χ0n) is 8.58. The minimum Gasteiger partial charge on any atom is -0.380 e. The highest BCUT2D eigenvalue weighted by molar-refractivity contribution is 4.66. The van der Waals surface area contributed by atoms with E-state index >= 15 is 0 Å². The summed E-state index contributed by atoms with van der Waals surface area (Å²) in [4.78, 5) is 0. The fourth-order valence-electron chi connectivity index (χ4n) is 0.985. The van der Waals surface area contributed by atoms with Gasteiger partial charge >= 0.3 is 0 Å². The highest BCUT2D eigenvalue weighted by atomic mass is 16.7. The molecule has 0 saturated carbocycles. The first-order chi connectivity index (χ1) is 6.29. The van der Waals surface area contributed by atoms with Crippen LogP contribution in [0.2, 0.25) is 0 Å². The number of hydrazine groups is 1. The molecule has 0 rings (SSSR count). The number of hydrogen-bond acceptors (Lipinski definition) is 5. The van der Waals surface area contributed by atoms with E-state index in [-0.39, 0.29) is 12.3 Å². The smallest absolute Gasteiger partial charge is 0.175 e. The van der Waals surface area contributed by atoms with Crippen LogP contribution in [0.4, 0.5) is 0 Å². The van der Waals surface area contributed by atoms with Crippen molar-refractivity contribution < 1.29 is 14.2 Å². The topological polar surface area (TPSA) is 65.7 Å². The largest absolute Gasteiger partial charge is 0.380 e. The molecule has 0 amide bonds. The third kappa shape index (κ3) is 5.17. The maximum atomic E-state index is 5.32. The molecule has 0 radical (unpaired) electrons. The number of rotatable bonds is 8. The van der Waals surface area contributed by atoms with Crippen LogP contribution in [0.15, 0.2) is 0 Å². The Bertz CT molecular complexity index is 110. The zero-order chi connectivity index (χ0) is 10.1. The Morgan fingerprint density at radius 2 is 1.92 bits per heavy atom. The van der Waals surface area contributed by atoms with Gasteiger partial charge in [0.15, 0.2) is 6.29 Å². The summed E-state index contributed by atoms with van der Waals surface area (Å²) in [6.07, 6.45) is 0.615. The lowest BCUT2D eigenvalue weighted by Gasteiger charge is -2.23. The predicted molar refractivity (Wildman–Crippen MR) is 50.0 cm³/mol. The van der Waals surface area contributed by atoms with Crippen molar-refractivity contribution in [1.82, 2.24) is 5.43 Å². The van der Waals surface area contributed by atoms with Crippen LogP contribution in [0.1, 0.15) is 13.3 Å². The lowest BCUT2D eigenvalue weighted by molar-refractivity contribution is -0.134. The van der Waals surface area contributed by atoms with Crippen LogP contribution >= 0.6 is 0 Å². The van der Waals surface area contributed by atoms with Gasteiger partial charge in [-0.15, -0.1) is 0 Å². The Morgan fingerprint density at radius 3 is 2.31 bits per heavy atom. The first-order valence-electron chi connectivity index (χ1n) is 4.39. The summed E-state index contributed by atoms with van der Waals surface area (Å²) in [5.41, 5.74) is 2.59. The van der Waals surface area contributed by atoms with Crippen LogP contribution in [-0.4, -0.2) is 39.8 Å². The fraction of sp³-hybridized carbons (Fsp3) is 1.00. The first kappa shape index (κ1) is 12.8. The van der Waals surface area contributed by atoms with Gasteiger partial charge in [-0.3, -0.25) is 5.84 Å². The highest BCUT2D eigenvalue weighted by Gasteiger charge is 2.19. The molecule has 13 heavy (non-hydrogen) atoms. The average molecular weight is 192 g/mol. The summed E-state index contributed by atoms with van der Waals surface area (Å²) in [7, 11) is 3.14. The van der Waals surface area contributed by atoms with Gasteiger partial charge in [0, 0.05) is 20.8 Å². The molecule has 3 N–H and O–H groups in total. The Morgan fingerprint density at radius 1 is 1.31 bits per heavy atom. The van der Waals surface area contributed by atoms with Gasteiger partial charge in [-0.2, -0.15) is 0 Å². The van der Waals surface area contributed by atoms with Crippen molar-refractivity contribution in [2.24, 2.45) is 5.84 Å². The zero-order valence-corrected chi connectivity index (χ0v) is 8.58. The van der Waals surface area contributed by atoms with Crippen molar-refractivity contribution in [2.45, 2.75) is 25.7 Å². The molecule has 1 unspecified atom stereocenters. The van der Waals surface area contributed by atoms with Gasteiger partial charge in [0.05, 0.1) is 12.6 Å². The molecule has 1 atom stereocenters. The van der Waals surface area contributed by atoms with Crippen molar-refractivity contribution in [1.29, 1.82) is 0 Å². The van der Waals surface area contributed by atoms with Gasteiger partial charge in [0.2, 0.25) is 0 Å². The summed E-state index contributed by atoms with van der Waals surface area (Å²) in [5.74, 6) is 5.32. The van der Waals surface area contributed by atoms with E-state index in [2.05, 4.69) is 12.3 Å². The Balaban J connectivity index is 3.71. The second-order valence-electron chi connectivity index (χ2n) is 2.69. The molecule has 0 fully saturated rings. The quantitative estimate of drug-likeness (QED) is 0.242. The van der Waals surface area contributed by atoms with Crippen molar-refractivity contribution in [2.75, 3.05) is 27.4 Å². The molecule has 0 bridgehead atoms.